The van der Waals surface area contributed by atoms with Gasteiger partial charge in [0.2, 0.25) is 10.0 Å². The van der Waals surface area contributed by atoms with E-state index < -0.39 is 16.0 Å². The molecule has 2 N–H and O–H groups in total. The quantitative estimate of drug-likeness (QED) is 0.566. The van der Waals surface area contributed by atoms with Crippen LogP contribution in [0.3, 0.4) is 0 Å². The second kappa shape index (κ2) is 7.43. The minimum atomic E-state index is -3.82. The average molecular weight is 331 g/mol. The Morgan fingerprint density at radius 3 is 2.52 bits per heavy atom. The van der Waals surface area contributed by atoms with Crippen LogP contribution < -0.4 is 5.73 Å². The molecule has 1 aromatic rings. The summed E-state index contributed by atoms with van der Waals surface area (Å²) in [5.74, 6) is -0.601. The van der Waals surface area contributed by atoms with Gasteiger partial charge in [0, 0.05) is 12.7 Å². The number of carbonyl (C=O) groups is 1. The molecule has 0 bridgehead atoms. The standard InChI is InChI=1S/C12H17N3O4S2/c1-3-15(8-11(16)19-4-2)21(17,18)9-5-6-10(12(13)20)14-7-9/h5-7H,3-4,8H2,1-2H3,(H2,13,20). The Hall–Kier alpha value is -1.58. The SMILES string of the molecule is CCOC(=O)CN(CC)S(=O)(=O)c1ccc(C(N)=S)nc1. The summed E-state index contributed by atoms with van der Waals surface area (Å²) >= 11 is 4.75. The highest BCUT2D eigenvalue weighted by Gasteiger charge is 2.26. The molecule has 116 valence electrons. The van der Waals surface area contributed by atoms with E-state index in [0.29, 0.717) is 5.69 Å². The van der Waals surface area contributed by atoms with Gasteiger partial charge in [-0.2, -0.15) is 4.31 Å². The van der Waals surface area contributed by atoms with E-state index in [0.717, 1.165) is 10.5 Å². The van der Waals surface area contributed by atoms with Crippen molar-refractivity contribution in [2.75, 3.05) is 19.7 Å². The van der Waals surface area contributed by atoms with Crippen molar-refractivity contribution in [3.05, 3.63) is 24.0 Å². The number of esters is 1. The van der Waals surface area contributed by atoms with Crippen LogP contribution in [0.2, 0.25) is 0 Å². The highest BCUT2D eigenvalue weighted by molar-refractivity contribution is 7.89. The third-order valence-corrected chi connectivity index (χ3v) is 4.70. The molecule has 0 radical (unpaired) electrons. The van der Waals surface area contributed by atoms with Gasteiger partial charge in [-0.3, -0.25) is 9.78 Å². The van der Waals surface area contributed by atoms with Crippen LogP contribution in [-0.4, -0.2) is 48.4 Å². The van der Waals surface area contributed by atoms with Crippen molar-refractivity contribution in [2.24, 2.45) is 5.73 Å². The zero-order valence-electron chi connectivity index (χ0n) is 11.8. The summed E-state index contributed by atoms with van der Waals surface area (Å²) in [7, 11) is -3.82. The zero-order chi connectivity index (χ0) is 16.0. The molecule has 21 heavy (non-hydrogen) atoms. The number of likely N-dealkylation sites (N-methyl/N-ethyl adjacent to an activating group) is 1. The molecule has 0 amide bonds. The van der Waals surface area contributed by atoms with Crippen molar-refractivity contribution in [2.45, 2.75) is 18.7 Å². The molecule has 0 aliphatic heterocycles. The lowest BCUT2D eigenvalue weighted by atomic mass is 10.3. The monoisotopic (exact) mass is 331 g/mol. The highest BCUT2D eigenvalue weighted by Crippen LogP contribution is 2.15. The number of ether oxygens (including phenoxy) is 1. The third-order valence-electron chi connectivity index (χ3n) is 2.59. The van der Waals surface area contributed by atoms with Crippen LogP contribution >= 0.6 is 12.2 Å². The Bertz CT molecular complexity index is 614. The molecule has 9 heteroatoms. The van der Waals surface area contributed by atoms with Crippen LogP contribution in [-0.2, 0) is 19.6 Å². The minimum Gasteiger partial charge on any atom is -0.465 e. The summed E-state index contributed by atoms with van der Waals surface area (Å²) < 4.78 is 30.6. The lowest BCUT2D eigenvalue weighted by molar-refractivity contribution is -0.143. The predicted molar refractivity (Wildman–Crippen MR) is 81.2 cm³/mol. The predicted octanol–water partition coefficient (Wildman–Crippen LogP) is 0.289. The van der Waals surface area contributed by atoms with Gasteiger partial charge in [0.05, 0.1) is 12.3 Å². The van der Waals surface area contributed by atoms with Gasteiger partial charge in [-0.1, -0.05) is 19.1 Å². The number of nitrogens with zero attached hydrogens (tertiary/aromatic N) is 2. The van der Waals surface area contributed by atoms with Gasteiger partial charge in [0.15, 0.2) is 0 Å². The van der Waals surface area contributed by atoms with Crippen LogP contribution in [0.25, 0.3) is 0 Å². The number of hydrogen-bond donors (Lipinski definition) is 1. The van der Waals surface area contributed by atoms with E-state index >= 15 is 0 Å². The van der Waals surface area contributed by atoms with Crippen molar-refractivity contribution >= 4 is 33.2 Å². The first kappa shape index (κ1) is 17.5. The fourth-order valence-electron chi connectivity index (χ4n) is 1.55. The van der Waals surface area contributed by atoms with E-state index in [1.54, 1.807) is 13.8 Å². The Morgan fingerprint density at radius 1 is 1.43 bits per heavy atom. The van der Waals surface area contributed by atoms with E-state index in [-0.39, 0.29) is 29.6 Å². The Labute approximate surface area is 129 Å². The number of thiocarbonyl (C=S) groups is 1. The number of carbonyl (C=O) groups excluding carboxylic acids is 1. The molecule has 0 saturated heterocycles. The summed E-state index contributed by atoms with van der Waals surface area (Å²) in [5.41, 5.74) is 5.74. The normalized spacial score (nSPS) is 11.4. The molecule has 0 spiro atoms. The van der Waals surface area contributed by atoms with Gasteiger partial charge < -0.3 is 10.5 Å². The van der Waals surface area contributed by atoms with Gasteiger partial charge in [-0.15, -0.1) is 0 Å². The number of aromatic nitrogens is 1. The highest BCUT2D eigenvalue weighted by atomic mass is 32.2. The van der Waals surface area contributed by atoms with Crippen LogP contribution in [0, 0.1) is 0 Å². The Balaban J connectivity index is 3.01. The maximum atomic E-state index is 12.4. The van der Waals surface area contributed by atoms with Crippen LogP contribution in [0.5, 0.6) is 0 Å². The smallest absolute Gasteiger partial charge is 0.321 e. The molecule has 7 nitrogen and oxygen atoms in total. The Morgan fingerprint density at radius 2 is 2.10 bits per heavy atom. The topological polar surface area (TPSA) is 103 Å². The molecule has 1 heterocycles. The van der Waals surface area contributed by atoms with Crippen molar-refractivity contribution < 1.29 is 17.9 Å². The maximum absolute atomic E-state index is 12.4. The summed E-state index contributed by atoms with van der Waals surface area (Å²) in [6.07, 6.45) is 1.16. The number of rotatable bonds is 7. The summed E-state index contributed by atoms with van der Waals surface area (Å²) in [6, 6.07) is 2.78. The van der Waals surface area contributed by atoms with E-state index in [9.17, 15) is 13.2 Å². The van der Waals surface area contributed by atoms with Crippen LogP contribution in [0.4, 0.5) is 0 Å². The zero-order valence-corrected chi connectivity index (χ0v) is 13.4. The number of pyridine rings is 1. The first-order chi connectivity index (χ1) is 9.82. The molecular weight excluding hydrogens is 314 g/mol. The fraction of sp³-hybridized carbons (Fsp3) is 0.417. The van der Waals surface area contributed by atoms with E-state index in [4.69, 9.17) is 22.7 Å². The van der Waals surface area contributed by atoms with Gasteiger partial charge in [0.1, 0.15) is 16.4 Å². The van der Waals surface area contributed by atoms with E-state index in [2.05, 4.69) is 4.98 Å². The Kier molecular flexibility index (Phi) is 6.19. The summed E-state index contributed by atoms with van der Waals surface area (Å²) in [5, 5.41) is 0. The van der Waals surface area contributed by atoms with Gasteiger partial charge in [-0.25, -0.2) is 8.42 Å². The lowest BCUT2D eigenvalue weighted by Crippen LogP contribution is -2.36. The van der Waals surface area contributed by atoms with Crippen LogP contribution in [0.1, 0.15) is 19.5 Å². The summed E-state index contributed by atoms with van der Waals surface area (Å²) in [6.45, 7) is 3.27. The molecule has 0 atom stereocenters. The van der Waals surface area contributed by atoms with E-state index in [1.807, 2.05) is 0 Å². The number of sulfonamides is 1. The first-order valence-electron chi connectivity index (χ1n) is 6.24. The molecule has 0 aromatic carbocycles. The lowest BCUT2D eigenvalue weighted by Gasteiger charge is -2.19. The number of hydrogen-bond acceptors (Lipinski definition) is 6. The van der Waals surface area contributed by atoms with Crippen molar-refractivity contribution in [3.8, 4) is 0 Å². The van der Waals surface area contributed by atoms with Gasteiger partial charge >= 0.3 is 5.97 Å². The maximum Gasteiger partial charge on any atom is 0.321 e. The van der Waals surface area contributed by atoms with Gasteiger partial charge in [0.25, 0.3) is 0 Å². The largest absolute Gasteiger partial charge is 0.465 e. The van der Waals surface area contributed by atoms with Crippen molar-refractivity contribution in [3.63, 3.8) is 0 Å². The first-order valence-corrected chi connectivity index (χ1v) is 8.09. The average Bonchev–Trinajstić information content (AvgIpc) is 2.45. The van der Waals surface area contributed by atoms with Crippen molar-refractivity contribution in [1.82, 2.24) is 9.29 Å². The fourth-order valence-corrected chi connectivity index (χ4v) is 3.01. The molecule has 0 aliphatic carbocycles. The molecule has 0 saturated carbocycles. The number of nitrogens with two attached hydrogens (primary N) is 1. The molecule has 0 aliphatic rings. The summed E-state index contributed by atoms with van der Waals surface area (Å²) in [4.78, 5) is 15.4. The van der Waals surface area contributed by atoms with Gasteiger partial charge in [-0.05, 0) is 19.1 Å². The van der Waals surface area contributed by atoms with E-state index in [1.165, 1.54) is 12.1 Å². The molecule has 1 aromatic heterocycles. The molecule has 0 unspecified atom stereocenters. The minimum absolute atomic E-state index is 0.0337. The second-order valence-corrected chi connectivity index (χ2v) is 6.36. The molecule has 1 rings (SSSR count). The molecule has 0 fully saturated rings. The second-order valence-electron chi connectivity index (χ2n) is 3.98. The molecular formula is C12H17N3O4S2. The third kappa shape index (κ3) is 4.45. The van der Waals surface area contributed by atoms with Crippen LogP contribution in [0.15, 0.2) is 23.2 Å². The van der Waals surface area contributed by atoms with Crippen molar-refractivity contribution in [1.29, 1.82) is 0 Å².